The maximum absolute atomic E-state index is 11.7. The molecule has 2 rings (SSSR count). The van der Waals surface area contributed by atoms with Crippen LogP contribution in [-0.2, 0) is 11.3 Å². The van der Waals surface area contributed by atoms with Crippen molar-refractivity contribution in [3.63, 3.8) is 0 Å². The minimum absolute atomic E-state index is 0.0897. The molecule has 90 valence electrons. The van der Waals surface area contributed by atoms with Gasteiger partial charge in [-0.2, -0.15) is 10.4 Å². The number of carbonyl (C=O) groups is 1. The number of anilines is 1. The molecule has 0 radical (unpaired) electrons. The van der Waals surface area contributed by atoms with Crippen molar-refractivity contribution in [2.45, 2.75) is 6.54 Å². The van der Waals surface area contributed by atoms with E-state index in [2.05, 4.69) is 31.3 Å². The van der Waals surface area contributed by atoms with Gasteiger partial charge >= 0.3 is 0 Å². The van der Waals surface area contributed by atoms with Crippen molar-refractivity contribution in [1.29, 1.82) is 5.26 Å². The summed E-state index contributed by atoms with van der Waals surface area (Å²) in [5, 5.41) is 15.3. The summed E-state index contributed by atoms with van der Waals surface area (Å²) in [6.07, 6.45) is 2.83. The number of hydrogen-bond acceptors (Lipinski definition) is 4. The Balaban J connectivity index is 2.05. The predicted molar refractivity (Wildman–Crippen MR) is 67.5 cm³/mol. The average molecular weight is 306 g/mol. The molecule has 7 heteroatoms. The van der Waals surface area contributed by atoms with Crippen molar-refractivity contribution >= 4 is 27.5 Å². The SMILES string of the molecule is N#Cc1ccc(NC(=O)Cn2cncn2)c(Br)c1. The van der Waals surface area contributed by atoms with Gasteiger partial charge in [0, 0.05) is 4.47 Å². The number of hydrogen-bond donors (Lipinski definition) is 1. The fraction of sp³-hybridized carbons (Fsp3) is 0.0909. The summed E-state index contributed by atoms with van der Waals surface area (Å²) in [6, 6.07) is 6.97. The maximum atomic E-state index is 11.7. The van der Waals surface area contributed by atoms with Gasteiger partial charge in [0.25, 0.3) is 0 Å². The molecule has 0 atom stereocenters. The lowest BCUT2D eigenvalue weighted by molar-refractivity contribution is -0.116. The first-order chi connectivity index (χ1) is 8.69. The molecular weight excluding hydrogens is 298 g/mol. The molecule has 1 N–H and O–H groups in total. The van der Waals surface area contributed by atoms with Crippen molar-refractivity contribution in [3.05, 3.63) is 40.9 Å². The second-order valence-electron chi connectivity index (χ2n) is 3.45. The van der Waals surface area contributed by atoms with E-state index in [1.165, 1.54) is 17.3 Å². The van der Waals surface area contributed by atoms with Crippen molar-refractivity contribution in [2.24, 2.45) is 0 Å². The van der Waals surface area contributed by atoms with E-state index >= 15 is 0 Å². The molecule has 6 nitrogen and oxygen atoms in total. The maximum Gasteiger partial charge on any atom is 0.246 e. The summed E-state index contributed by atoms with van der Waals surface area (Å²) in [5.74, 6) is -0.217. The standard InChI is InChI=1S/C11H8BrN5O/c12-9-3-8(4-13)1-2-10(9)16-11(18)5-17-7-14-6-15-17/h1-3,6-7H,5H2,(H,16,18). The normalized spacial score (nSPS) is 9.78. The van der Waals surface area contributed by atoms with Crippen molar-refractivity contribution in [2.75, 3.05) is 5.32 Å². The van der Waals surface area contributed by atoms with E-state index in [4.69, 9.17) is 5.26 Å². The lowest BCUT2D eigenvalue weighted by Crippen LogP contribution is -2.19. The first-order valence-corrected chi connectivity index (χ1v) is 5.80. The monoisotopic (exact) mass is 305 g/mol. The van der Waals surface area contributed by atoms with Crippen LogP contribution in [0.3, 0.4) is 0 Å². The topological polar surface area (TPSA) is 83.6 Å². The predicted octanol–water partition coefficient (Wildman–Crippen LogP) is 1.55. The minimum Gasteiger partial charge on any atom is -0.323 e. The van der Waals surface area contributed by atoms with Crippen LogP contribution in [0.5, 0.6) is 0 Å². The number of nitrogens with zero attached hydrogens (tertiary/aromatic N) is 4. The first-order valence-electron chi connectivity index (χ1n) is 5.01. The number of rotatable bonds is 3. The van der Waals surface area contributed by atoms with Crippen LogP contribution >= 0.6 is 15.9 Å². The van der Waals surface area contributed by atoms with Crippen LogP contribution < -0.4 is 5.32 Å². The Morgan fingerprint density at radius 1 is 1.56 bits per heavy atom. The van der Waals surface area contributed by atoms with Crippen LogP contribution in [0.25, 0.3) is 0 Å². The zero-order chi connectivity index (χ0) is 13.0. The van der Waals surface area contributed by atoms with Gasteiger partial charge in [0.2, 0.25) is 5.91 Å². The van der Waals surface area contributed by atoms with Gasteiger partial charge in [0.05, 0.1) is 17.3 Å². The van der Waals surface area contributed by atoms with Crippen LogP contribution in [0.4, 0.5) is 5.69 Å². The summed E-state index contributed by atoms with van der Waals surface area (Å²) < 4.78 is 2.08. The first kappa shape index (κ1) is 12.3. The molecule has 1 amide bonds. The largest absolute Gasteiger partial charge is 0.323 e. The van der Waals surface area contributed by atoms with Gasteiger partial charge in [-0.1, -0.05) is 0 Å². The van der Waals surface area contributed by atoms with Gasteiger partial charge in [0.1, 0.15) is 19.2 Å². The molecule has 1 heterocycles. The van der Waals surface area contributed by atoms with Crippen LogP contribution in [0, 0.1) is 11.3 Å². The second-order valence-corrected chi connectivity index (χ2v) is 4.30. The van der Waals surface area contributed by atoms with E-state index in [1.807, 2.05) is 6.07 Å². The van der Waals surface area contributed by atoms with Gasteiger partial charge < -0.3 is 5.32 Å². The van der Waals surface area contributed by atoms with E-state index in [-0.39, 0.29) is 12.5 Å². The van der Waals surface area contributed by atoms with E-state index in [0.717, 1.165) is 0 Å². The molecule has 18 heavy (non-hydrogen) atoms. The van der Waals surface area contributed by atoms with E-state index in [1.54, 1.807) is 18.2 Å². The molecule has 0 bridgehead atoms. The highest BCUT2D eigenvalue weighted by molar-refractivity contribution is 9.10. The van der Waals surface area contributed by atoms with E-state index < -0.39 is 0 Å². The molecule has 0 unspecified atom stereocenters. The van der Waals surface area contributed by atoms with E-state index in [9.17, 15) is 4.79 Å². The highest BCUT2D eigenvalue weighted by atomic mass is 79.9. The molecule has 0 aliphatic heterocycles. The number of amides is 1. The number of benzene rings is 1. The van der Waals surface area contributed by atoms with Crippen molar-refractivity contribution in [1.82, 2.24) is 14.8 Å². The number of halogens is 1. The molecule has 0 spiro atoms. The van der Waals surface area contributed by atoms with Gasteiger partial charge in [-0.25, -0.2) is 9.67 Å². The van der Waals surface area contributed by atoms with Gasteiger partial charge in [-0.05, 0) is 34.1 Å². The molecule has 1 aromatic carbocycles. The lowest BCUT2D eigenvalue weighted by Gasteiger charge is -2.07. The van der Waals surface area contributed by atoms with Crippen molar-refractivity contribution in [3.8, 4) is 6.07 Å². The highest BCUT2D eigenvalue weighted by Gasteiger charge is 2.07. The quantitative estimate of drug-likeness (QED) is 0.932. The van der Waals surface area contributed by atoms with Crippen molar-refractivity contribution < 1.29 is 4.79 Å². The Kier molecular flexibility index (Phi) is 3.69. The number of nitrogens with one attached hydrogen (secondary N) is 1. The molecule has 2 aromatic rings. The molecule has 0 fully saturated rings. The van der Waals surface area contributed by atoms with Crippen LogP contribution in [-0.4, -0.2) is 20.7 Å². The Hall–Kier alpha value is -2.20. The average Bonchev–Trinajstić information content (AvgIpc) is 2.84. The third-order valence-corrected chi connectivity index (χ3v) is 2.80. The van der Waals surface area contributed by atoms with Crippen LogP contribution in [0.2, 0.25) is 0 Å². The smallest absolute Gasteiger partial charge is 0.246 e. The summed E-state index contributed by atoms with van der Waals surface area (Å²) >= 11 is 3.29. The van der Waals surface area contributed by atoms with E-state index in [0.29, 0.717) is 15.7 Å². The summed E-state index contributed by atoms with van der Waals surface area (Å²) in [6.45, 7) is 0.0897. The molecule has 0 saturated carbocycles. The minimum atomic E-state index is -0.217. The third kappa shape index (κ3) is 2.93. The molecule has 1 aromatic heterocycles. The second kappa shape index (κ2) is 5.42. The Morgan fingerprint density at radius 2 is 2.39 bits per heavy atom. The van der Waals surface area contributed by atoms with Gasteiger partial charge in [-0.3, -0.25) is 4.79 Å². The third-order valence-electron chi connectivity index (χ3n) is 2.14. The van der Waals surface area contributed by atoms with Crippen LogP contribution in [0.15, 0.2) is 35.3 Å². The number of carbonyl (C=O) groups excluding carboxylic acids is 1. The van der Waals surface area contributed by atoms with Gasteiger partial charge in [-0.15, -0.1) is 0 Å². The number of aromatic nitrogens is 3. The summed E-state index contributed by atoms with van der Waals surface area (Å²) in [5.41, 5.74) is 1.13. The van der Waals surface area contributed by atoms with Crippen LogP contribution in [0.1, 0.15) is 5.56 Å². The lowest BCUT2D eigenvalue weighted by atomic mass is 10.2. The molecule has 0 aliphatic carbocycles. The fourth-order valence-electron chi connectivity index (χ4n) is 1.34. The summed E-state index contributed by atoms with van der Waals surface area (Å²) in [4.78, 5) is 15.4. The fourth-order valence-corrected chi connectivity index (χ4v) is 1.82. The Bertz CT molecular complexity index is 602. The summed E-state index contributed by atoms with van der Waals surface area (Å²) in [7, 11) is 0. The zero-order valence-corrected chi connectivity index (χ0v) is 10.8. The molecule has 0 saturated heterocycles. The molecular formula is C11H8BrN5O. The molecule has 0 aliphatic rings. The highest BCUT2D eigenvalue weighted by Crippen LogP contribution is 2.23. The number of nitriles is 1. The zero-order valence-electron chi connectivity index (χ0n) is 9.17. The Morgan fingerprint density at radius 3 is 3.00 bits per heavy atom. The Labute approximate surface area is 111 Å². The van der Waals surface area contributed by atoms with Gasteiger partial charge in [0.15, 0.2) is 0 Å².